The van der Waals surface area contributed by atoms with Gasteiger partial charge in [-0.1, -0.05) is 19.1 Å². The molecule has 0 saturated carbocycles. The summed E-state index contributed by atoms with van der Waals surface area (Å²) in [5, 5.41) is 0. The maximum atomic E-state index is 10.9. The Labute approximate surface area is 90.2 Å². The van der Waals surface area contributed by atoms with Gasteiger partial charge in [-0.15, -0.1) is 0 Å². The number of benzene rings is 1. The number of hydrogen-bond donors (Lipinski definition) is 1. The largest absolute Gasteiger partial charge is 0.493 e. The Bertz CT molecular complexity index is 347. The maximum Gasteiger partial charge on any atom is 0.221 e. The van der Waals surface area contributed by atoms with Crippen molar-refractivity contribution in [2.45, 2.75) is 26.7 Å². The van der Waals surface area contributed by atoms with Gasteiger partial charge in [0, 0.05) is 5.56 Å². The van der Waals surface area contributed by atoms with Crippen molar-refractivity contribution in [3.8, 4) is 5.75 Å². The zero-order chi connectivity index (χ0) is 11.3. The molecule has 2 N–H and O–H groups in total. The van der Waals surface area contributed by atoms with Crippen LogP contribution in [0.3, 0.4) is 0 Å². The molecule has 0 aromatic heterocycles. The monoisotopic (exact) mass is 207 g/mol. The van der Waals surface area contributed by atoms with E-state index in [1.807, 2.05) is 32.0 Å². The minimum atomic E-state index is -0.328. The van der Waals surface area contributed by atoms with Crippen molar-refractivity contribution in [1.29, 1.82) is 0 Å². The van der Waals surface area contributed by atoms with Crippen LogP contribution < -0.4 is 10.5 Å². The van der Waals surface area contributed by atoms with Gasteiger partial charge in [0.15, 0.2) is 0 Å². The van der Waals surface area contributed by atoms with Crippen LogP contribution in [0.5, 0.6) is 5.75 Å². The molecular weight excluding hydrogens is 190 g/mol. The van der Waals surface area contributed by atoms with Gasteiger partial charge in [0.1, 0.15) is 5.75 Å². The van der Waals surface area contributed by atoms with Crippen LogP contribution in [-0.2, 0) is 11.2 Å². The van der Waals surface area contributed by atoms with Crippen molar-refractivity contribution in [2.75, 3.05) is 6.61 Å². The van der Waals surface area contributed by atoms with Gasteiger partial charge in [0.05, 0.1) is 13.0 Å². The summed E-state index contributed by atoms with van der Waals surface area (Å²) < 4.78 is 5.56. The molecule has 0 bridgehead atoms. The first-order valence-corrected chi connectivity index (χ1v) is 5.14. The SMILES string of the molecule is CCCOc1cccc(C)c1CC(N)=O. The number of carbonyl (C=O) groups is 1. The lowest BCUT2D eigenvalue weighted by Gasteiger charge is -2.11. The normalized spacial score (nSPS) is 10.0. The average Bonchev–Trinajstić information content (AvgIpc) is 2.18. The van der Waals surface area contributed by atoms with Crippen LogP contribution in [0.4, 0.5) is 0 Å². The van der Waals surface area contributed by atoms with Gasteiger partial charge in [-0.25, -0.2) is 0 Å². The third-order valence-electron chi connectivity index (χ3n) is 2.18. The molecule has 15 heavy (non-hydrogen) atoms. The summed E-state index contributed by atoms with van der Waals surface area (Å²) in [7, 11) is 0. The molecule has 82 valence electrons. The summed E-state index contributed by atoms with van der Waals surface area (Å²) in [6.07, 6.45) is 1.19. The Morgan fingerprint density at radius 1 is 1.47 bits per heavy atom. The molecule has 0 heterocycles. The van der Waals surface area contributed by atoms with Crippen LogP contribution in [0.15, 0.2) is 18.2 Å². The number of rotatable bonds is 5. The number of aryl methyl sites for hydroxylation is 1. The van der Waals surface area contributed by atoms with E-state index in [0.29, 0.717) is 6.61 Å². The van der Waals surface area contributed by atoms with Crippen molar-refractivity contribution < 1.29 is 9.53 Å². The number of amides is 1. The van der Waals surface area contributed by atoms with Crippen LogP contribution in [0.2, 0.25) is 0 Å². The molecule has 0 aliphatic rings. The van der Waals surface area contributed by atoms with Crippen LogP contribution in [-0.4, -0.2) is 12.5 Å². The molecule has 1 aromatic carbocycles. The van der Waals surface area contributed by atoms with Crippen molar-refractivity contribution >= 4 is 5.91 Å². The van der Waals surface area contributed by atoms with E-state index in [0.717, 1.165) is 23.3 Å². The quantitative estimate of drug-likeness (QED) is 0.800. The van der Waals surface area contributed by atoms with E-state index in [2.05, 4.69) is 0 Å². The van der Waals surface area contributed by atoms with Gasteiger partial charge in [-0.05, 0) is 25.0 Å². The van der Waals surface area contributed by atoms with Gasteiger partial charge >= 0.3 is 0 Å². The fourth-order valence-electron chi connectivity index (χ4n) is 1.42. The highest BCUT2D eigenvalue weighted by Crippen LogP contribution is 2.22. The zero-order valence-electron chi connectivity index (χ0n) is 9.25. The van der Waals surface area contributed by atoms with E-state index >= 15 is 0 Å². The molecule has 0 aliphatic carbocycles. The van der Waals surface area contributed by atoms with Gasteiger partial charge in [0.25, 0.3) is 0 Å². The summed E-state index contributed by atoms with van der Waals surface area (Å²) in [6.45, 7) is 4.66. The Balaban J connectivity index is 2.92. The van der Waals surface area contributed by atoms with E-state index < -0.39 is 0 Å². The smallest absolute Gasteiger partial charge is 0.221 e. The highest BCUT2D eigenvalue weighted by molar-refractivity contribution is 5.77. The minimum Gasteiger partial charge on any atom is -0.493 e. The van der Waals surface area contributed by atoms with Gasteiger partial charge < -0.3 is 10.5 Å². The molecule has 0 aliphatic heterocycles. The molecule has 0 saturated heterocycles. The lowest BCUT2D eigenvalue weighted by molar-refractivity contribution is -0.117. The Kier molecular flexibility index (Phi) is 4.16. The lowest BCUT2D eigenvalue weighted by Crippen LogP contribution is -2.15. The molecular formula is C12H17NO2. The minimum absolute atomic E-state index is 0.242. The Morgan fingerprint density at radius 2 is 2.20 bits per heavy atom. The summed E-state index contributed by atoms with van der Waals surface area (Å²) in [5.41, 5.74) is 7.14. The highest BCUT2D eigenvalue weighted by Gasteiger charge is 2.09. The molecule has 0 unspecified atom stereocenters. The van der Waals surface area contributed by atoms with E-state index in [4.69, 9.17) is 10.5 Å². The summed E-state index contributed by atoms with van der Waals surface area (Å²) in [6, 6.07) is 5.75. The fourth-order valence-corrected chi connectivity index (χ4v) is 1.42. The fraction of sp³-hybridized carbons (Fsp3) is 0.417. The van der Waals surface area contributed by atoms with Crippen LogP contribution >= 0.6 is 0 Å². The van der Waals surface area contributed by atoms with Crippen LogP contribution in [0.25, 0.3) is 0 Å². The van der Waals surface area contributed by atoms with Gasteiger partial charge in [-0.2, -0.15) is 0 Å². The van der Waals surface area contributed by atoms with E-state index in [-0.39, 0.29) is 12.3 Å². The number of ether oxygens (including phenoxy) is 1. The molecule has 0 fully saturated rings. The summed E-state index contributed by atoms with van der Waals surface area (Å²) >= 11 is 0. The molecule has 3 heteroatoms. The Morgan fingerprint density at radius 3 is 2.80 bits per heavy atom. The number of carbonyl (C=O) groups excluding carboxylic acids is 1. The van der Waals surface area contributed by atoms with Gasteiger partial charge in [-0.3, -0.25) is 4.79 Å². The highest BCUT2D eigenvalue weighted by atomic mass is 16.5. The van der Waals surface area contributed by atoms with E-state index in [9.17, 15) is 4.79 Å². The first kappa shape index (κ1) is 11.6. The third kappa shape index (κ3) is 3.27. The molecule has 0 radical (unpaired) electrons. The molecule has 3 nitrogen and oxygen atoms in total. The third-order valence-corrected chi connectivity index (χ3v) is 2.18. The molecule has 1 aromatic rings. The molecule has 0 spiro atoms. The molecule has 0 atom stereocenters. The standard InChI is InChI=1S/C12H17NO2/c1-3-7-15-11-6-4-5-9(2)10(11)8-12(13)14/h4-6H,3,7-8H2,1-2H3,(H2,13,14). The predicted molar refractivity (Wildman–Crippen MR) is 59.9 cm³/mol. The second-order valence-corrected chi connectivity index (χ2v) is 3.54. The second kappa shape index (κ2) is 5.39. The van der Waals surface area contributed by atoms with E-state index in [1.165, 1.54) is 0 Å². The number of primary amides is 1. The maximum absolute atomic E-state index is 10.9. The van der Waals surface area contributed by atoms with Crippen LogP contribution in [0, 0.1) is 6.92 Å². The first-order chi connectivity index (χ1) is 7.15. The molecule has 1 amide bonds. The van der Waals surface area contributed by atoms with E-state index in [1.54, 1.807) is 0 Å². The summed E-state index contributed by atoms with van der Waals surface area (Å²) in [4.78, 5) is 10.9. The van der Waals surface area contributed by atoms with Gasteiger partial charge in [0.2, 0.25) is 5.91 Å². The summed E-state index contributed by atoms with van der Waals surface area (Å²) in [5.74, 6) is 0.446. The number of nitrogens with two attached hydrogens (primary N) is 1. The topological polar surface area (TPSA) is 52.3 Å². The average molecular weight is 207 g/mol. The predicted octanol–water partition coefficient (Wildman–Crippen LogP) is 1.81. The molecule has 1 rings (SSSR count). The van der Waals surface area contributed by atoms with Crippen molar-refractivity contribution in [2.24, 2.45) is 5.73 Å². The zero-order valence-corrected chi connectivity index (χ0v) is 9.25. The first-order valence-electron chi connectivity index (χ1n) is 5.14. The van der Waals surface area contributed by atoms with Crippen molar-refractivity contribution in [3.63, 3.8) is 0 Å². The van der Waals surface area contributed by atoms with Crippen LogP contribution in [0.1, 0.15) is 24.5 Å². The van der Waals surface area contributed by atoms with Crippen molar-refractivity contribution in [1.82, 2.24) is 0 Å². The Hall–Kier alpha value is -1.51. The number of hydrogen-bond acceptors (Lipinski definition) is 2. The lowest BCUT2D eigenvalue weighted by atomic mass is 10.0. The second-order valence-electron chi connectivity index (χ2n) is 3.54. The van der Waals surface area contributed by atoms with Crippen molar-refractivity contribution in [3.05, 3.63) is 29.3 Å².